The molecule has 0 aliphatic rings. The number of rotatable bonds is 5. The fourth-order valence-corrected chi connectivity index (χ4v) is 2.66. The van der Waals surface area contributed by atoms with Gasteiger partial charge in [0.25, 0.3) is 0 Å². The van der Waals surface area contributed by atoms with E-state index < -0.39 is 0 Å². The predicted molar refractivity (Wildman–Crippen MR) is 95.3 cm³/mol. The number of aryl methyl sites for hydroxylation is 1. The van der Waals surface area contributed by atoms with Crippen LogP contribution in [0.1, 0.15) is 23.0 Å². The Bertz CT molecular complexity index is 883. The highest BCUT2D eigenvalue weighted by atomic mass is 16.5. The van der Waals surface area contributed by atoms with Crippen molar-refractivity contribution in [2.24, 2.45) is 0 Å². The van der Waals surface area contributed by atoms with E-state index in [1.54, 1.807) is 14.0 Å². The molecule has 0 saturated carbocycles. The fourth-order valence-electron chi connectivity index (χ4n) is 2.66. The lowest BCUT2D eigenvalue weighted by molar-refractivity contribution is 0.0520. The van der Waals surface area contributed by atoms with Crippen molar-refractivity contribution in [2.45, 2.75) is 13.8 Å². The van der Waals surface area contributed by atoms with Gasteiger partial charge >= 0.3 is 5.97 Å². The van der Waals surface area contributed by atoms with Crippen LogP contribution < -0.4 is 10.1 Å². The molecule has 1 aromatic heterocycles. The van der Waals surface area contributed by atoms with Crippen LogP contribution in [0.4, 0.5) is 11.4 Å². The summed E-state index contributed by atoms with van der Waals surface area (Å²) in [6, 6.07) is 13.6. The number of fused-ring (bicyclic) bond motifs is 1. The third-order valence-electron chi connectivity index (χ3n) is 3.73. The summed E-state index contributed by atoms with van der Waals surface area (Å²) < 4.78 is 10.3. The number of anilines is 2. The number of benzene rings is 2. The zero-order valence-electron chi connectivity index (χ0n) is 14.0. The van der Waals surface area contributed by atoms with Gasteiger partial charge in [0.1, 0.15) is 11.4 Å². The summed E-state index contributed by atoms with van der Waals surface area (Å²) in [4.78, 5) is 15.1. The smallest absolute Gasteiger partial charge is 0.354 e. The topological polar surface area (TPSA) is 63.4 Å². The van der Waals surface area contributed by atoms with Crippen LogP contribution in [-0.2, 0) is 4.74 Å². The molecule has 3 rings (SSSR count). The van der Waals surface area contributed by atoms with E-state index in [1.807, 2.05) is 49.4 Å². The highest BCUT2D eigenvalue weighted by Gasteiger charge is 2.13. The SMILES string of the molecule is CCOC(=O)c1cc2c(Nc3cccc(OC)c3)cc(C)cc2[nH]1. The van der Waals surface area contributed by atoms with Gasteiger partial charge in [-0.25, -0.2) is 4.79 Å². The summed E-state index contributed by atoms with van der Waals surface area (Å²) in [5.74, 6) is 0.434. The monoisotopic (exact) mass is 324 g/mol. The summed E-state index contributed by atoms with van der Waals surface area (Å²) in [7, 11) is 1.64. The third-order valence-corrected chi connectivity index (χ3v) is 3.73. The van der Waals surface area contributed by atoms with Crippen LogP contribution in [0.2, 0.25) is 0 Å². The predicted octanol–water partition coefficient (Wildman–Crippen LogP) is 4.41. The number of aromatic amines is 1. The lowest BCUT2D eigenvalue weighted by atomic mass is 10.1. The number of hydrogen-bond donors (Lipinski definition) is 2. The van der Waals surface area contributed by atoms with Gasteiger partial charge in [0.15, 0.2) is 0 Å². The molecule has 2 N–H and O–H groups in total. The van der Waals surface area contributed by atoms with Gasteiger partial charge in [-0.1, -0.05) is 6.07 Å². The molecule has 124 valence electrons. The molecule has 5 nitrogen and oxygen atoms in total. The molecule has 0 bridgehead atoms. The molecule has 3 aromatic rings. The molecule has 0 spiro atoms. The maximum Gasteiger partial charge on any atom is 0.354 e. The summed E-state index contributed by atoms with van der Waals surface area (Å²) >= 11 is 0. The number of carbonyl (C=O) groups excluding carboxylic acids is 1. The van der Waals surface area contributed by atoms with Gasteiger partial charge in [-0.05, 0) is 49.7 Å². The van der Waals surface area contributed by atoms with Crippen LogP contribution in [0.3, 0.4) is 0 Å². The summed E-state index contributed by atoms with van der Waals surface area (Å²) in [6.07, 6.45) is 0. The minimum absolute atomic E-state index is 0.348. The molecule has 0 unspecified atom stereocenters. The van der Waals surface area contributed by atoms with Crippen LogP contribution >= 0.6 is 0 Å². The van der Waals surface area contributed by atoms with Gasteiger partial charge < -0.3 is 19.8 Å². The number of aromatic nitrogens is 1. The average molecular weight is 324 g/mol. The molecule has 0 amide bonds. The second-order valence-corrected chi connectivity index (χ2v) is 5.53. The van der Waals surface area contributed by atoms with E-state index in [0.717, 1.165) is 33.6 Å². The van der Waals surface area contributed by atoms with Crippen LogP contribution in [0.5, 0.6) is 5.75 Å². The molecule has 0 atom stereocenters. The van der Waals surface area contributed by atoms with E-state index in [2.05, 4.69) is 10.3 Å². The van der Waals surface area contributed by atoms with Gasteiger partial charge in [-0.15, -0.1) is 0 Å². The Morgan fingerprint density at radius 2 is 2.04 bits per heavy atom. The lowest BCUT2D eigenvalue weighted by Gasteiger charge is -2.10. The highest BCUT2D eigenvalue weighted by molar-refractivity contribution is 6.01. The van der Waals surface area contributed by atoms with Crippen LogP contribution in [0.15, 0.2) is 42.5 Å². The number of methoxy groups -OCH3 is 1. The van der Waals surface area contributed by atoms with E-state index in [4.69, 9.17) is 9.47 Å². The molecule has 2 aromatic carbocycles. The standard InChI is InChI=1S/C19H20N2O3/c1-4-24-19(22)18-11-15-16(8-12(2)9-17(15)21-18)20-13-6-5-7-14(10-13)23-3/h5-11,20-21H,4H2,1-3H3. The van der Waals surface area contributed by atoms with Gasteiger partial charge in [0, 0.05) is 28.3 Å². The molecular weight excluding hydrogens is 304 g/mol. The Labute approximate surface area is 140 Å². The van der Waals surface area contributed by atoms with Crippen LogP contribution in [0, 0.1) is 6.92 Å². The molecule has 0 aliphatic carbocycles. The van der Waals surface area contributed by atoms with Gasteiger partial charge in [-0.2, -0.15) is 0 Å². The number of ether oxygens (including phenoxy) is 2. The van der Waals surface area contributed by atoms with Crippen molar-refractivity contribution in [3.05, 3.63) is 53.7 Å². The second kappa shape index (κ2) is 6.66. The molecule has 5 heteroatoms. The highest BCUT2D eigenvalue weighted by Crippen LogP contribution is 2.30. The second-order valence-electron chi connectivity index (χ2n) is 5.53. The lowest BCUT2D eigenvalue weighted by Crippen LogP contribution is -2.04. The number of nitrogens with one attached hydrogen (secondary N) is 2. The maximum atomic E-state index is 12.0. The first kappa shape index (κ1) is 15.9. The van der Waals surface area contributed by atoms with Crippen LogP contribution in [-0.4, -0.2) is 24.7 Å². The first-order valence-electron chi connectivity index (χ1n) is 7.82. The number of H-pyrrole nitrogens is 1. The number of esters is 1. The Morgan fingerprint density at radius 1 is 1.21 bits per heavy atom. The molecule has 0 radical (unpaired) electrons. The normalized spacial score (nSPS) is 10.6. The molecule has 1 heterocycles. The molecule has 0 fully saturated rings. The van der Waals surface area contributed by atoms with Crippen LogP contribution in [0.25, 0.3) is 10.9 Å². The van der Waals surface area contributed by atoms with Crippen molar-refractivity contribution in [3.8, 4) is 5.75 Å². The summed E-state index contributed by atoms with van der Waals surface area (Å²) in [5.41, 5.74) is 4.27. The minimum atomic E-state index is -0.348. The fraction of sp³-hybridized carbons (Fsp3) is 0.211. The van der Waals surface area contributed by atoms with Crippen molar-refractivity contribution in [3.63, 3.8) is 0 Å². The Balaban J connectivity index is 2.01. The third kappa shape index (κ3) is 3.20. The largest absolute Gasteiger partial charge is 0.497 e. The average Bonchev–Trinajstić information content (AvgIpc) is 2.99. The molecule has 0 aliphatic heterocycles. The van der Waals surface area contributed by atoms with E-state index in [9.17, 15) is 4.79 Å². The summed E-state index contributed by atoms with van der Waals surface area (Å²) in [5, 5.41) is 4.33. The van der Waals surface area contributed by atoms with Crippen molar-refractivity contribution in [1.82, 2.24) is 4.98 Å². The van der Waals surface area contributed by atoms with E-state index in [-0.39, 0.29) is 5.97 Å². The van der Waals surface area contributed by atoms with E-state index in [1.165, 1.54) is 0 Å². The number of carbonyl (C=O) groups is 1. The number of hydrogen-bond acceptors (Lipinski definition) is 4. The Kier molecular flexibility index (Phi) is 4.42. The van der Waals surface area contributed by atoms with Crippen molar-refractivity contribution < 1.29 is 14.3 Å². The van der Waals surface area contributed by atoms with Crippen molar-refractivity contribution in [2.75, 3.05) is 19.0 Å². The van der Waals surface area contributed by atoms with Crippen molar-refractivity contribution >= 4 is 28.2 Å². The van der Waals surface area contributed by atoms with Crippen molar-refractivity contribution in [1.29, 1.82) is 0 Å². The van der Waals surface area contributed by atoms with Gasteiger partial charge in [0.05, 0.1) is 13.7 Å². The molecule has 0 saturated heterocycles. The first-order chi connectivity index (χ1) is 11.6. The minimum Gasteiger partial charge on any atom is -0.497 e. The van der Waals surface area contributed by atoms with Gasteiger partial charge in [0.2, 0.25) is 0 Å². The van der Waals surface area contributed by atoms with E-state index >= 15 is 0 Å². The van der Waals surface area contributed by atoms with E-state index in [0.29, 0.717) is 12.3 Å². The Hall–Kier alpha value is -2.95. The quantitative estimate of drug-likeness (QED) is 0.683. The maximum absolute atomic E-state index is 12.0. The molecule has 24 heavy (non-hydrogen) atoms. The zero-order chi connectivity index (χ0) is 17.1. The zero-order valence-corrected chi connectivity index (χ0v) is 14.0. The molecular formula is C19H20N2O3. The Morgan fingerprint density at radius 3 is 2.79 bits per heavy atom. The summed E-state index contributed by atoms with van der Waals surface area (Å²) in [6.45, 7) is 4.16. The van der Waals surface area contributed by atoms with Gasteiger partial charge in [-0.3, -0.25) is 0 Å². The first-order valence-corrected chi connectivity index (χ1v) is 7.82.